The average molecular weight is 461 g/mol. The van der Waals surface area contributed by atoms with Crippen LogP contribution in [0.1, 0.15) is 18.7 Å². The molecule has 0 unspecified atom stereocenters. The van der Waals surface area contributed by atoms with Gasteiger partial charge in [-0.2, -0.15) is 4.98 Å². The molecule has 1 fully saturated rings. The molecule has 0 bridgehead atoms. The number of nitrogens with zero attached hydrogens (tertiary/aromatic N) is 4. The van der Waals surface area contributed by atoms with Gasteiger partial charge in [0.05, 0.1) is 16.4 Å². The summed E-state index contributed by atoms with van der Waals surface area (Å²) in [5.74, 6) is 0.260. The highest BCUT2D eigenvalue weighted by Crippen LogP contribution is 2.21. The molecule has 0 spiro atoms. The maximum absolute atomic E-state index is 13.0. The van der Waals surface area contributed by atoms with Crippen LogP contribution in [0.2, 0.25) is 0 Å². The summed E-state index contributed by atoms with van der Waals surface area (Å²) in [5.41, 5.74) is 0.592. The van der Waals surface area contributed by atoms with Crippen molar-refractivity contribution in [1.82, 2.24) is 19.8 Å². The van der Waals surface area contributed by atoms with Gasteiger partial charge in [-0.15, -0.1) is 0 Å². The molecule has 12 heteroatoms. The summed E-state index contributed by atoms with van der Waals surface area (Å²) in [6, 6.07) is 10.4. The first kappa shape index (κ1) is 22.0. The van der Waals surface area contributed by atoms with Crippen LogP contribution in [-0.2, 0) is 16.6 Å². The lowest BCUT2D eigenvalue weighted by molar-refractivity contribution is -0.384. The number of nitrogens with one attached hydrogen (secondary N) is 1. The first-order valence-electron chi connectivity index (χ1n) is 9.88. The number of nitro groups is 1. The number of nitro benzene ring substituents is 1. The second kappa shape index (κ2) is 9.10. The monoisotopic (exact) mass is 461 g/mol. The number of hydrogen-bond donors (Lipinski definition) is 1. The van der Waals surface area contributed by atoms with Crippen molar-refractivity contribution in [2.24, 2.45) is 0 Å². The van der Waals surface area contributed by atoms with Crippen LogP contribution in [0.3, 0.4) is 0 Å². The lowest BCUT2D eigenvalue weighted by Gasteiger charge is -2.31. The van der Waals surface area contributed by atoms with E-state index >= 15 is 0 Å². The molecule has 10 nitrogen and oxygen atoms in total. The SMILES string of the molecule is O=[N+]([O-])c1ccc(-c2noc(CN3CCC(NS(=O)(=O)c4ccc(F)cc4)CC3)n2)cc1. The van der Waals surface area contributed by atoms with Crippen LogP contribution in [0.4, 0.5) is 10.1 Å². The number of aromatic nitrogens is 2. The molecule has 168 valence electrons. The minimum atomic E-state index is -3.71. The van der Waals surface area contributed by atoms with E-state index in [0.29, 0.717) is 49.8 Å². The molecule has 1 saturated heterocycles. The van der Waals surface area contributed by atoms with Gasteiger partial charge in [-0.1, -0.05) is 5.16 Å². The Bertz CT molecular complexity index is 1190. The molecule has 32 heavy (non-hydrogen) atoms. The Morgan fingerprint density at radius 3 is 2.41 bits per heavy atom. The molecule has 0 radical (unpaired) electrons. The summed E-state index contributed by atoms with van der Waals surface area (Å²) in [6.07, 6.45) is 1.20. The summed E-state index contributed by atoms with van der Waals surface area (Å²) in [4.78, 5) is 16.7. The molecule has 0 aliphatic carbocycles. The molecule has 1 aliphatic heterocycles. The molecule has 1 aliphatic rings. The fourth-order valence-corrected chi connectivity index (χ4v) is 4.77. The molecular formula is C20H20FN5O5S. The predicted molar refractivity (Wildman–Crippen MR) is 111 cm³/mol. The van der Waals surface area contributed by atoms with Gasteiger partial charge in [0.15, 0.2) is 0 Å². The van der Waals surface area contributed by atoms with E-state index in [2.05, 4.69) is 19.8 Å². The van der Waals surface area contributed by atoms with E-state index in [9.17, 15) is 22.9 Å². The van der Waals surface area contributed by atoms with Crippen molar-refractivity contribution < 1.29 is 22.3 Å². The van der Waals surface area contributed by atoms with Gasteiger partial charge in [0.25, 0.3) is 5.69 Å². The van der Waals surface area contributed by atoms with Crippen LogP contribution in [0, 0.1) is 15.9 Å². The Balaban J connectivity index is 1.31. The van der Waals surface area contributed by atoms with Crippen molar-refractivity contribution in [2.75, 3.05) is 13.1 Å². The van der Waals surface area contributed by atoms with Gasteiger partial charge < -0.3 is 4.52 Å². The zero-order valence-electron chi connectivity index (χ0n) is 16.8. The fourth-order valence-electron chi connectivity index (χ4n) is 3.47. The third kappa shape index (κ3) is 5.15. The molecule has 2 heterocycles. The van der Waals surface area contributed by atoms with Crippen LogP contribution < -0.4 is 4.72 Å². The van der Waals surface area contributed by atoms with Gasteiger partial charge in [0.1, 0.15) is 5.82 Å². The number of non-ortho nitro benzene ring substituents is 1. The van der Waals surface area contributed by atoms with Crippen molar-refractivity contribution in [2.45, 2.75) is 30.3 Å². The lowest BCUT2D eigenvalue weighted by atomic mass is 10.1. The van der Waals surface area contributed by atoms with E-state index in [1.165, 1.54) is 24.3 Å². The van der Waals surface area contributed by atoms with Crippen molar-refractivity contribution >= 4 is 15.7 Å². The summed E-state index contributed by atoms with van der Waals surface area (Å²) in [5, 5.41) is 14.7. The molecule has 1 aromatic heterocycles. The van der Waals surface area contributed by atoms with Crippen LogP contribution >= 0.6 is 0 Å². The van der Waals surface area contributed by atoms with Crippen molar-refractivity contribution in [1.29, 1.82) is 0 Å². The van der Waals surface area contributed by atoms with Crippen molar-refractivity contribution in [3.05, 3.63) is 70.4 Å². The van der Waals surface area contributed by atoms with Crippen molar-refractivity contribution in [3.8, 4) is 11.4 Å². The lowest BCUT2D eigenvalue weighted by Crippen LogP contribution is -2.44. The topological polar surface area (TPSA) is 131 Å². The number of sulfonamides is 1. The Morgan fingerprint density at radius 1 is 1.12 bits per heavy atom. The smallest absolute Gasteiger partial charge is 0.269 e. The predicted octanol–water partition coefficient (Wildman–Crippen LogP) is 2.73. The second-order valence-corrected chi connectivity index (χ2v) is 9.16. The molecule has 3 aromatic rings. The summed E-state index contributed by atoms with van der Waals surface area (Å²) in [6.45, 7) is 1.68. The van der Waals surface area contributed by atoms with Gasteiger partial charge in [0, 0.05) is 36.8 Å². The van der Waals surface area contributed by atoms with Gasteiger partial charge in [-0.3, -0.25) is 15.0 Å². The largest absolute Gasteiger partial charge is 0.338 e. The molecular weight excluding hydrogens is 441 g/mol. The Morgan fingerprint density at radius 2 is 1.78 bits per heavy atom. The maximum Gasteiger partial charge on any atom is 0.269 e. The van der Waals surface area contributed by atoms with E-state index in [0.717, 1.165) is 12.1 Å². The molecule has 0 atom stereocenters. The van der Waals surface area contributed by atoms with Crippen LogP contribution in [0.25, 0.3) is 11.4 Å². The standard InChI is InChI=1S/C20H20FN5O5S/c21-15-3-7-18(8-4-15)32(29,30)24-16-9-11-25(12-10-16)13-19-22-20(23-31-19)14-1-5-17(6-2-14)26(27)28/h1-8,16,24H,9-13H2. The van der Waals surface area contributed by atoms with E-state index in [-0.39, 0.29) is 16.6 Å². The quantitative estimate of drug-likeness (QED) is 0.420. The second-order valence-electron chi connectivity index (χ2n) is 7.44. The number of likely N-dealkylation sites (tertiary alicyclic amines) is 1. The van der Waals surface area contributed by atoms with Gasteiger partial charge in [-0.25, -0.2) is 17.5 Å². The maximum atomic E-state index is 13.0. The zero-order valence-corrected chi connectivity index (χ0v) is 17.7. The van der Waals surface area contributed by atoms with E-state index in [1.54, 1.807) is 12.1 Å². The summed E-state index contributed by atoms with van der Waals surface area (Å²) < 4.78 is 45.9. The molecule has 2 aromatic carbocycles. The molecule has 0 amide bonds. The van der Waals surface area contributed by atoms with Gasteiger partial charge in [0.2, 0.25) is 21.7 Å². The highest BCUT2D eigenvalue weighted by molar-refractivity contribution is 7.89. The average Bonchev–Trinajstić information content (AvgIpc) is 3.24. The molecule has 4 rings (SSSR count). The number of benzene rings is 2. The third-order valence-electron chi connectivity index (χ3n) is 5.20. The zero-order chi connectivity index (χ0) is 22.7. The summed E-state index contributed by atoms with van der Waals surface area (Å²) >= 11 is 0. The van der Waals surface area contributed by atoms with E-state index in [4.69, 9.17) is 4.52 Å². The summed E-state index contributed by atoms with van der Waals surface area (Å²) in [7, 11) is -3.71. The fraction of sp³-hybridized carbons (Fsp3) is 0.300. The number of piperidine rings is 1. The minimum absolute atomic E-state index is 0.0182. The van der Waals surface area contributed by atoms with E-state index in [1.807, 2.05) is 0 Å². The Kier molecular flexibility index (Phi) is 6.26. The minimum Gasteiger partial charge on any atom is -0.338 e. The highest BCUT2D eigenvalue weighted by Gasteiger charge is 2.25. The van der Waals surface area contributed by atoms with Crippen molar-refractivity contribution in [3.63, 3.8) is 0 Å². The van der Waals surface area contributed by atoms with Crippen LogP contribution in [0.15, 0.2) is 57.9 Å². The molecule has 1 N–H and O–H groups in total. The number of halogens is 1. The van der Waals surface area contributed by atoms with Gasteiger partial charge in [-0.05, 0) is 49.2 Å². The normalized spacial score (nSPS) is 15.7. The van der Waals surface area contributed by atoms with E-state index < -0.39 is 20.8 Å². The number of rotatable bonds is 7. The third-order valence-corrected chi connectivity index (χ3v) is 6.73. The highest BCUT2D eigenvalue weighted by atomic mass is 32.2. The first-order chi connectivity index (χ1) is 15.3. The number of hydrogen-bond acceptors (Lipinski definition) is 8. The van der Waals surface area contributed by atoms with Gasteiger partial charge >= 0.3 is 0 Å². The van der Waals surface area contributed by atoms with Crippen LogP contribution in [-0.4, -0.2) is 47.5 Å². The Hall–Kier alpha value is -3.22. The first-order valence-corrected chi connectivity index (χ1v) is 11.4. The Labute approximate surface area is 183 Å². The van der Waals surface area contributed by atoms with Crippen LogP contribution in [0.5, 0.6) is 0 Å². The molecule has 0 saturated carbocycles.